The molecule has 2 N–H and O–H groups in total. The molecule has 1 aliphatic carbocycles. The van der Waals surface area contributed by atoms with E-state index >= 15 is 0 Å². The van der Waals surface area contributed by atoms with Crippen molar-refractivity contribution in [2.45, 2.75) is 38.5 Å². The van der Waals surface area contributed by atoms with Gasteiger partial charge in [-0.3, -0.25) is 4.79 Å². The van der Waals surface area contributed by atoms with Crippen molar-refractivity contribution in [3.8, 4) is 11.5 Å². The number of dihydropyridines is 1. The molecule has 1 heterocycles. The molecule has 2 aliphatic rings. The number of allylic oxidation sites excluding steroid dienone is 3. The molecule has 1 aliphatic heterocycles. The first kappa shape index (κ1) is 22.9. The SMILES string of the molecule is CCOc1cc(C2C(C(=O)OC)=C(C)NC3=C2C(=O)CC(c2ccc(Cl)cc2)C3)ccc1O. The van der Waals surface area contributed by atoms with Gasteiger partial charge in [-0.25, -0.2) is 4.79 Å². The molecule has 0 amide bonds. The summed E-state index contributed by atoms with van der Waals surface area (Å²) in [6.45, 7) is 4.00. The molecule has 0 radical (unpaired) electrons. The summed E-state index contributed by atoms with van der Waals surface area (Å²) in [7, 11) is 1.32. The average molecular weight is 468 g/mol. The second-order valence-corrected chi connectivity index (χ2v) is 8.66. The number of phenolic OH excluding ortho intramolecular Hbond substituents is 1. The summed E-state index contributed by atoms with van der Waals surface area (Å²) < 4.78 is 10.6. The van der Waals surface area contributed by atoms with Crippen LogP contribution in [0.5, 0.6) is 11.5 Å². The van der Waals surface area contributed by atoms with E-state index < -0.39 is 11.9 Å². The maximum Gasteiger partial charge on any atom is 0.336 e. The number of hydrogen-bond acceptors (Lipinski definition) is 6. The van der Waals surface area contributed by atoms with Crippen LogP contribution in [0.3, 0.4) is 0 Å². The summed E-state index contributed by atoms with van der Waals surface area (Å²) in [6, 6.07) is 12.5. The van der Waals surface area contributed by atoms with Crippen molar-refractivity contribution in [2.75, 3.05) is 13.7 Å². The molecule has 2 aromatic rings. The summed E-state index contributed by atoms with van der Waals surface area (Å²) in [6.07, 6.45) is 0.948. The van der Waals surface area contributed by atoms with Gasteiger partial charge in [0.2, 0.25) is 0 Å². The van der Waals surface area contributed by atoms with Crippen LogP contribution >= 0.6 is 11.6 Å². The zero-order valence-electron chi connectivity index (χ0n) is 18.8. The number of rotatable bonds is 5. The van der Waals surface area contributed by atoms with Crippen LogP contribution in [0.2, 0.25) is 5.02 Å². The molecule has 2 unspecified atom stereocenters. The number of methoxy groups -OCH3 is 1. The Kier molecular flexibility index (Phi) is 6.47. The van der Waals surface area contributed by atoms with Crippen LogP contribution < -0.4 is 10.1 Å². The summed E-state index contributed by atoms with van der Waals surface area (Å²) in [4.78, 5) is 26.3. The maximum atomic E-state index is 13.5. The molecule has 7 heteroatoms. The third-order valence-electron chi connectivity index (χ3n) is 6.19. The average Bonchev–Trinajstić information content (AvgIpc) is 2.79. The predicted molar refractivity (Wildman–Crippen MR) is 125 cm³/mol. The van der Waals surface area contributed by atoms with E-state index in [2.05, 4.69) is 5.32 Å². The van der Waals surface area contributed by atoms with Gasteiger partial charge in [0.15, 0.2) is 17.3 Å². The Hall–Kier alpha value is -3.25. The van der Waals surface area contributed by atoms with E-state index in [1.165, 1.54) is 13.2 Å². The van der Waals surface area contributed by atoms with E-state index in [1.807, 2.05) is 38.1 Å². The number of carbonyl (C=O) groups is 2. The van der Waals surface area contributed by atoms with E-state index in [4.69, 9.17) is 21.1 Å². The minimum atomic E-state index is -0.618. The van der Waals surface area contributed by atoms with Crippen LogP contribution in [-0.4, -0.2) is 30.6 Å². The summed E-state index contributed by atoms with van der Waals surface area (Å²) >= 11 is 6.04. The van der Waals surface area contributed by atoms with E-state index in [-0.39, 0.29) is 17.5 Å². The fourth-order valence-corrected chi connectivity index (χ4v) is 4.83. The second-order valence-electron chi connectivity index (χ2n) is 8.22. The first-order valence-electron chi connectivity index (χ1n) is 10.9. The Morgan fingerprint density at radius 3 is 2.52 bits per heavy atom. The number of ether oxygens (including phenoxy) is 2. The number of hydrogen-bond donors (Lipinski definition) is 2. The van der Waals surface area contributed by atoms with Gasteiger partial charge in [0.25, 0.3) is 0 Å². The Balaban J connectivity index is 1.81. The highest BCUT2D eigenvalue weighted by Gasteiger charge is 2.41. The smallest absolute Gasteiger partial charge is 0.336 e. The number of Topliss-reactive ketones (excluding diaryl/α,β-unsaturated/α-hetero) is 1. The topological polar surface area (TPSA) is 84.9 Å². The van der Waals surface area contributed by atoms with Crippen LogP contribution in [0.4, 0.5) is 0 Å². The third kappa shape index (κ3) is 4.35. The van der Waals surface area contributed by atoms with Crippen LogP contribution in [0, 0.1) is 0 Å². The number of aromatic hydroxyl groups is 1. The second kappa shape index (κ2) is 9.32. The Morgan fingerprint density at radius 1 is 1.15 bits per heavy atom. The summed E-state index contributed by atoms with van der Waals surface area (Å²) in [5, 5.41) is 14.1. The fourth-order valence-electron chi connectivity index (χ4n) is 4.70. The number of carbonyl (C=O) groups excluding carboxylic acids is 2. The van der Waals surface area contributed by atoms with Gasteiger partial charge in [-0.2, -0.15) is 0 Å². The van der Waals surface area contributed by atoms with Gasteiger partial charge in [0.1, 0.15) is 0 Å². The van der Waals surface area contributed by atoms with Gasteiger partial charge in [-0.05, 0) is 61.6 Å². The lowest BCUT2D eigenvalue weighted by molar-refractivity contribution is -0.136. The van der Waals surface area contributed by atoms with Crippen molar-refractivity contribution in [2.24, 2.45) is 0 Å². The lowest BCUT2D eigenvalue weighted by Gasteiger charge is -2.36. The van der Waals surface area contributed by atoms with Crippen molar-refractivity contribution in [3.63, 3.8) is 0 Å². The Bertz CT molecular complexity index is 1170. The minimum absolute atomic E-state index is 0.00169. The van der Waals surface area contributed by atoms with Gasteiger partial charge < -0.3 is 19.9 Å². The van der Waals surface area contributed by atoms with Crippen LogP contribution in [0.15, 0.2) is 65.0 Å². The minimum Gasteiger partial charge on any atom is -0.504 e. The molecule has 4 rings (SSSR count). The van der Waals surface area contributed by atoms with Crippen LogP contribution in [0.25, 0.3) is 0 Å². The highest BCUT2D eigenvalue weighted by molar-refractivity contribution is 6.30. The summed E-state index contributed by atoms with van der Waals surface area (Å²) in [5.41, 5.74) is 4.10. The fraction of sp³-hybridized carbons (Fsp3) is 0.308. The van der Waals surface area contributed by atoms with Crippen molar-refractivity contribution in [1.29, 1.82) is 0 Å². The van der Waals surface area contributed by atoms with Gasteiger partial charge in [-0.1, -0.05) is 29.8 Å². The number of phenols is 1. The molecule has 0 saturated carbocycles. The zero-order valence-corrected chi connectivity index (χ0v) is 19.5. The molecule has 0 bridgehead atoms. The molecule has 33 heavy (non-hydrogen) atoms. The standard InChI is InChI=1S/C26H26ClNO5/c1-4-33-22-13-16(7-10-20(22)29)24-23(26(31)32-3)14(2)28-19-11-17(12-21(30)25(19)24)15-5-8-18(27)9-6-15/h5-10,13,17,24,28-29H,4,11-12H2,1-3H3. The van der Waals surface area contributed by atoms with Crippen molar-refractivity contribution >= 4 is 23.4 Å². The van der Waals surface area contributed by atoms with E-state index in [1.54, 1.807) is 12.1 Å². The molecular weight excluding hydrogens is 442 g/mol. The lowest BCUT2D eigenvalue weighted by Crippen LogP contribution is -2.36. The molecule has 6 nitrogen and oxygen atoms in total. The largest absolute Gasteiger partial charge is 0.504 e. The normalized spacial score (nSPS) is 20.3. The number of benzene rings is 2. The van der Waals surface area contributed by atoms with Crippen molar-refractivity contribution in [1.82, 2.24) is 5.32 Å². The quantitative estimate of drug-likeness (QED) is 0.603. The number of esters is 1. The van der Waals surface area contributed by atoms with Crippen LogP contribution in [-0.2, 0) is 14.3 Å². The molecule has 0 fully saturated rings. The monoisotopic (exact) mass is 467 g/mol. The molecular formula is C26H26ClNO5. The van der Waals surface area contributed by atoms with E-state index in [9.17, 15) is 14.7 Å². The third-order valence-corrected chi connectivity index (χ3v) is 6.44. The van der Waals surface area contributed by atoms with Gasteiger partial charge in [0.05, 0.1) is 19.3 Å². The molecule has 2 aromatic carbocycles. The highest BCUT2D eigenvalue weighted by atomic mass is 35.5. The number of halogens is 1. The molecule has 0 saturated heterocycles. The molecule has 0 spiro atoms. The van der Waals surface area contributed by atoms with Gasteiger partial charge in [0, 0.05) is 34.3 Å². The zero-order chi connectivity index (χ0) is 23.7. The van der Waals surface area contributed by atoms with Crippen molar-refractivity contribution < 1.29 is 24.2 Å². The van der Waals surface area contributed by atoms with Crippen molar-refractivity contribution in [3.05, 3.63) is 81.2 Å². The van der Waals surface area contributed by atoms with E-state index in [0.717, 1.165) is 11.3 Å². The maximum absolute atomic E-state index is 13.5. The van der Waals surface area contributed by atoms with Crippen LogP contribution in [0.1, 0.15) is 49.7 Å². The van der Waals surface area contributed by atoms with E-state index in [0.29, 0.717) is 52.6 Å². The Labute approximate surface area is 197 Å². The molecule has 0 aromatic heterocycles. The summed E-state index contributed by atoms with van der Waals surface area (Å²) in [5.74, 6) is -0.842. The lowest BCUT2D eigenvalue weighted by atomic mass is 9.71. The highest BCUT2D eigenvalue weighted by Crippen LogP contribution is 2.46. The van der Waals surface area contributed by atoms with Gasteiger partial charge in [-0.15, -0.1) is 0 Å². The number of ketones is 1. The predicted octanol–water partition coefficient (Wildman–Crippen LogP) is 4.98. The first-order chi connectivity index (χ1) is 15.8. The number of nitrogens with one attached hydrogen (secondary N) is 1. The Morgan fingerprint density at radius 2 is 1.85 bits per heavy atom. The first-order valence-corrected chi connectivity index (χ1v) is 11.2. The molecule has 2 atom stereocenters. The molecule has 172 valence electrons. The van der Waals surface area contributed by atoms with Gasteiger partial charge >= 0.3 is 5.97 Å².